The summed E-state index contributed by atoms with van der Waals surface area (Å²) in [5.41, 5.74) is 0.224. The van der Waals surface area contributed by atoms with Crippen molar-refractivity contribution in [2.75, 3.05) is 6.61 Å². The lowest BCUT2D eigenvalue weighted by Crippen LogP contribution is -2.39. The van der Waals surface area contributed by atoms with Gasteiger partial charge in [0.2, 0.25) is 0 Å². The van der Waals surface area contributed by atoms with Crippen LogP contribution in [-0.4, -0.2) is 23.2 Å². The molecule has 1 aliphatic rings. The van der Waals surface area contributed by atoms with Crippen LogP contribution in [0.4, 0.5) is 4.39 Å². The van der Waals surface area contributed by atoms with E-state index in [1.165, 1.54) is 17.4 Å². The third-order valence-corrected chi connectivity index (χ3v) is 4.90. The Hall–Kier alpha value is -1.46. The number of rotatable bonds is 3. The fourth-order valence-corrected chi connectivity index (χ4v) is 3.36. The summed E-state index contributed by atoms with van der Waals surface area (Å²) in [6.07, 6.45) is 1.60. The van der Waals surface area contributed by atoms with Gasteiger partial charge in [-0.1, -0.05) is 6.07 Å². The normalized spacial score (nSPS) is 16.6. The molecule has 1 heterocycles. The standard InChI is InChI=1S/C14H14FNO2S/c1-8-11-9(15)3-2-4-10(11)19-12(8)13(18)16-14(7-17)5-6-14/h2-4,17H,5-7H2,1H3,(H,16,18). The average molecular weight is 279 g/mol. The highest BCUT2D eigenvalue weighted by molar-refractivity contribution is 7.21. The molecule has 2 aromatic rings. The van der Waals surface area contributed by atoms with Gasteiger partial charge < -0.3 is 10.4 Å². The first kappa shape index (κ1) is 12.6. The molecule has 5 heteroatoms. The number of aryl methyl sites for hydroxylation is 1. The Morgan fingerprint density at radius 2 is 2.26 bits per heavy atom. The number of hydrogen-bond donors (Lipinski definition) is 2. The van der Waals surface area contributed by atoms with E-state index in [2.05, 4.69) is 5.32 Å². The van der Waals surface area contributed by atoms with Crippen LogP contribution in [0.5, 0.6) is 0 Å². The number of nitrogens with one attached hydrogen (secondary N) is 1. The van der Waals surface area contributed by atoms with Crippen LogP contribution in [-0.2, 0) is 0 Å². The molecular formula is C14H14FNO2S. The molecule has 3 rings (SSSR count). The molecule has 0 spiro atoms. The predicted octanol–water partition coefficient (Wildman–Crippen LogP) is 2.60. The van der Waals surface area contributed by atoms with Gasteiger partial charge >= 0.3 is 0 Å². The van der Waals surface area contributed by atoms with Crippen molar-refractivity contribution in [3.05, 3.63) is 34.5 Å². The van der Waals surface area contributed by atoms with E-state index in [-0.39, 0.29) is 18.3 Å². The Balaban J connectivity index is 1.99. The van der Waals surface area contributed by atoms with Crippen molar-refractivity contribution in [2.45, 2.75) is 25.3 Å². The summed E-state index contributed by atoms with van der Waals surface area (Å²) in [6.45, 7) is 1.71. The van der Waals surface area contributed by atoms with Gasteiger partial charge in [-0.15, -0.1) is 11.3 Å². The topological polar surface area (TPSA) is 49.3 Å². The third kappa shape index (κ3) is 2.03. The summed E-state index contributed by atoms with van der Waals surface area (Å²) >= 11 is 1.29. The number of benzene rings is 1. The van der Waals surface area contributed by atoms with Crippen molar-refractivity contribution >= 4 is 27.3 Å². The SMILES string of the molecule is Cc1c(C(=O)NC2(CO)CC2)sc2cccc(F)c12. The minimum Gasteiger partial charge on any atom is -0.394 e. The Bertz CT molecular complexity index is 661. The molecule has 1 saturated carbocycles. The zero-order valence-corrected chi connectivity index (χ0v) is 11.3. The number of aliphatic hydroxyl groups excluding tert-OH is 1. The maximum absolute atomic E-state index is 13.8. The molecule has 1 aromatic carbocycles. The molecule has 1 aliphatic carbocycles. The lowest BCUT2D eigenvalue weighted by atomic mass is 10.1. The minimum atomic E-state index is -0.446. The van der Waals surface area contributed by atoms with Gasteiger partial charge in [0.1, 0.15) is 5.82 Å². The largest absolute Gasteiger partial charge is 0.394 e. The number of hydrogen-bond acceptors (Lipinski definition) is 3. The lowest BCUT2D eigenvalue weighted by Gasteiger charge is -2.13. The fraction of sp³-hybridized carbons (Fsp3) is 0.357. The van der Waals surface area contributed by atoms with Gasteiger partial charge in [0.25, 0.3) is 5.91 Å². The molecule has 0 atom stereocenters. The van der Waals surface area contributed by atoms with Crippen LogP contribution in [0.2, 0.25) is 0 Å². The summed E-state index contributed by atoms with van der Waals surface area (Å²) in [4.78, 5) is 12.8. The Morgan fingerprint density at radius 1 is 1.53 bits per heavy atom. The molecule has 1 aromatic heterocycles. The van der Waals surface area contributed by atoms with E-state index in [1.54, 1.807) is 13.0 Å². The molecule has 100 valence electrons. The van der Waals surface area contributed by atoms with E-state index in [0.717, 1.165) is 17.5 Å². The van der Waals surface area contributed by atoms with Crippen LogP contribution >= 0.6 is 11.3 Å². The summed E-state index contributed by atoms with van der Waals surface area (Å²) in [7, 11) is 0. The first-order chi connectivity index (χ1) is 9.06. The fourth-order valence-electron chi connectivity index (χ4n) is 2.24. The van der Waals surface area contributed by atoms with Crippen LogP contribution in [0.1, 0.15) is 28.1 Å². The monoisotopic (exact) mass is 279 g/mol. The van der Waals surface area contributed by atoms with Crippen LogP contribution in [0.15, 0.2) is 18.2 Å². The van der Waals surface area contributed by atoms with Crippen molar-refractivity contribution < 1.29 is 14.3 Å². The van der Waals surface area contributed by atoms with E-state index >= 15 is 0 Å². The molecular weight excluding hydrogens is 265 g/mol. The van der Waals surface area contributed by atoms with Gasteiger partial charge in [0, 0.05) is 10.1 Å². The van der Waals surface area contributed by atoms with Crippen molar-refractivity contribution in [2.24, 2.45) is 0 Å². The second kappa shape index (κ2) is 4.28. The number of carbonyl (C=O) groups is 1. The van der Waals surface area contributed by atoms with Crippen molar-refractivity contribution in [3.63, 3.8) is 0 Å². The van der Waals surface area contributed by atoms with Crippen molar-refractivity contribution in [1.29, 1.82) is 0 Å². The van der Waals surface area contributed by atoms with Gasteiger partial charge in [-0.05, 0) is 37.5 Å². The van der Waals surface area contributed by atoms with Gasteiger partial charge in [0.15, 0.2) is 0 Å². The van der Waals surface area contributed by atoms with Gasteiger partial charge in [-0.25, -0.2) is 4.39 Å². The molecule has 2 N–H and O–H groups in total. The van der Waals surface area contributed by atoms with Gasteiger partial charge in [-0.2, -0.15) is 0 Å². The van der Waals surface area contributed by atoms with Gasteiger partial charge in [0.05, 0.1) is 17.0 Å². The Morgan fingerprint density at radius 3 is 2.84 bits per heavy atom. The molecule has 0 unspecified atom stereocenters. The Labute approximate surface area is 114 Å². The summed E-state index contributed by atoms with van der Waals surface area (Å²) < 4.78 is 14.5. The molecule has 0 saturated heterocycles. The summed E-state index contributed by atoms with van der Waals surface area (Å²) in [6, 6.07) is 4.86. The molecule has 0 radical (unpaired) electrons. The highest BCUT2D eigenvalue weighted by Crippen LogP contribution is 2.37. The number of aliphatic hydroxyl groups is 1. The second-order valence-electron chi connectivity index (χ2n) is 5.06. The molecule has 0 aliphatic heterocycles. The van der Waals surface area contributed by atoms with Crippen LogP contribution < -0.4 is 5.32 Å². The van der Waals surface area contributed by atoms with Crippen molar-refractivity contribution in [3.8, 4) is 0 Å². The van der Waals surface area contributed by atoms with E-state index in [1.807, 2.05) is 6.07 Å². The lowest BCUT2D eigenvalue weighted by molar-refractivity contribution is 0.0910. The number of halogens is 1. The molecule has 1 fully saturated rings. The molecule has 19 heavy (non-hydrogen) atoms. The maximum Gasteiger partial charge on any atom is 0.262 e. The average Bonchev–Trinajstić information content (AvgIpc) is 3.07. The number of amides is 1. The number of fused-ring (bicyclic) bond motifs is 1. The first-order valence-electron chi connectivity index (χ1n) is 6.17. The first-order valence-corrected chi connectivity index (χ1v) is 6.99. The molecule has 1 amide bonds. The summed E-state index contributed by atoms with van der Waals surface area (Å²) in [5.74, 6) is -0.516. The van der Waals surface area contributed by atoms with E-state index in [0.29, 0.717) is 15.8 Å². The van der Waals surface area contributed by atoms with Crippen LogP contribution in [0, 0.1) is 12.7 Å². The van der Waals surface area contributed by atoms with Crippen LogP contribution in [0.25, 0.3) is 10.1 Å². The molecule has 0 bridgehead atoms. The maximum atomic E-state index is 13.8. The Kier molecular flexibility index (Phi) is 2.83. The zero-order chi connectivity index (χ0) is 13.6. The zero-order valence-electron chi connectivity index (χ0n) is 10.5. The highest BCUT2D eigenvalue weighted by atomic mass is 32.1. The molecule has 3 nitrogen and oxygen atoms in total. The quantitative estimate of drug-likeness (QED) is 0.907. The van der Waals surface area contributed by atoms with E-state index in [4.69, 9.17) is 0 Å². The number of carbonyl (C=O) groups excluding carboxylic acids is 1. The minimum absolute atomic E-state index is 0.0446. The highest BCUT2D eigenvalue weighted by Gasteiger charge is 2.43. The van der Waals surface area contributed by atoms with Crippen molar-refractivity contribution in [1.82, 2.24) is 5.32 Å². The third-order valence-electron chi connectivity index (χ3n) is 3.64. The smallest absolute Gasteiger partial charge is 0.262 e. The van der Waals surface area contributed by atoms with E-state index < -0.39 is 5.54 Å². The summed E-state index contributed by atoms with van der Waals surface area (Å²) in [5, 5.41) is 12.6. The second-order valence-corrected chi connectivity index (χ2v) is 6.11. The van der Waals surface area contributed by atoms with Crippen LogP contribution in [0.3, 0.4) is 0 Å². The van der Waals surface area contributed by atoms with E-state index in [9.17, 15) is 14.3 Å². The number of thiophene rings is 1. The predicted molar refractivity (Wildman–Crippen MR) is 73.0 cm³/mol. The van der Waals surface area contributed by atoms with Gasteiger partial charge in [-0.3, -0.25) is 4.79 Å².